The fourth-order valence-corrected chi connectivity index (χ4v) is 2.82. The second-order valence-corrected chi connectivity index (χ2v) is 5.72. The van der Waals surface area contributed by atoms with Gasteiger partial charge < -0.3 is 10.1 Å². The molecule has 0 radical (unpaired) electrons. The molecule has 1 N–H and O–H groups in total. The van der Waals surface area contributed by atoms with Crippen molar-refractivity contribution < 1.29 is 9.13 Å². The van der Waals surface area contributed by atoms with Gasteiger partial charge in [0, 0.05) is 11.3 Å². The first-order chi connectivity index (χ1) is 10.1. The smallest absolute Gasteiger partial charge is 0.143 e. The Hall–Kier alpha value is -1.74. The lowest BCUT2D eigenvalue weighted by molar-refractivity contribution is 0.314. The van der Waals surface area contributed by atoms with Gasteiger partial charge >= 0.3 is 0 Å². The van der Waals surface area contributed by atoms with Gasteiger partial charge in [0.15, 0.2) is 0 Å². The molecule has 0 saturated heterocycles. The van der Waals surface area contributed by atoms with Crippen LogP contribution in [0.2, 0.25) is 5.02 Å². The molecule has 4 heteroatoms. The maximum absolute atomic E-state index is 13.6. The first-order valence-electron chi connectivity index (χ1n) is 7.09. The summed E-state index contributed by atoms with van der Waals surface area (Å²) in [6.07, 6.45) is 1.91. The van der Waals surface area contributed by atoms with E-state index >= 15 is 0 Å². The first-order valence-corrected chi connectivity index (χ1v) is 7.47. The van der Waals surface area contributed by atoms with Crippen molar-refractivity contribution in [3.8, 4) is 5.75 Å². The maximum atomic E-state index is 13.6. The van der Waals surface area contributed by atoms with Gasteiger partial charge in [-0.25, -0.2) is 4.39 Å². The number of halogens is 2. The molecule has 3 rings (SSSR count). The quantitative estimate of drug-likeness (QED) is 0.832. The minimum Gasteiger partial charge on any atom is -0.493 e. The van der Waals surface area contributed by atoms with Crippen molar-refractivity contribution in [3.05, 3.63) is 58.4 Å². The Morgan fingerprint density at radius 3 is 2.95 bits per heavy atom. The Balaban J connectivity index is 1.92. The number of nitrogens with one attached hydrogen (secondary N) is 1. The molecule has 2 aromatic rings. The van der Waals surface area contributed by atoms with Crippen LogP contribution in [0.4, 0.5) is 10.1 Å². The minimum atomic E-state index is -0.406. The molecule has 1 atom stereocenters. The zero-order valence-electron chi connectivity index (χ0n) is 11.8. The molecule has 0 aromatic heterocycles. The lowest BCUT2D eigenvalue weighted by atomic mass is 9.99. The Kier molecular flexibility index (Phi) is 4.02. The molecule has 0 aliphatic carbocycles. The molecule has 2 aromatic carbocycles. The molecule has 1 heterocycles. The summed E-state index contributed by atoms with van der Waals surface area (Å²) in [5.74, 6) is 0.540. The Morgan fingerprint density at radius 1 is 1.29 bits per heavy atom. The number of rotatable bonds is 2. The van der Waals surface area contributed by atoms with E-state index < -0.39 is 5.82 Å². The van der Waals surface area contributed by atoms with E-state index in [1.807, 2.05) is 19.1 Å². The Labute approximate surface area is 128 Å². The largest absolute Gasteiger partial charge is 0.493 e. The van der Waals surface area contributed by atoms with Gasteiger partial charge in [-0.3, -0.25) is 0 Å². The third kappa shape index (κ3) is 2.98. The van der Waals surface area contributed by atoms with Crippen molar-refractivity contribution in [1.82, 2.24) is 0 Å². The average molecular weight is 306 g/mol. The van der Waals surface area contributed by atoms with E-state index in [1.54, 1.807) is 12.1 Å². The first kappa shape index (κ1) is 14.2. The summed E-state index contributed by atoms with van der Waals surface area (Å²) >= 11 is 5.73. The molecule has 1 aliphatic rings. The molecule has 1 unspecified atom stereocenters. The highest BCUT2D eigenvalue weighted by molar-refractivity contribution is 6.30. The molecule has 0 saturated carbocycles. The van der Waals surface area contributed by atoms with E-state index in [9.17, 15) is 4.39 Å². The van der Waals surface area contributed by atoms with E-state index in [-0.39, 0.29) is 11.1 Å². The van der Waals surface area contributed by atoms with Gasteiger partial charge in [-0.1, -0.05) is 29.8 Å². The number of ether oxygens (including phenoxy) is 1. The van der Waals surface area contributed by atoms with Gasteiger partial charge in [0.1, 0.15) is 11.6 Å². The molecule has 0 amide bonds. The SMILES string of the molecule is Cc1cccc2c1OCCCC2Nc1ccc(Cl)c(F)c1. The second kappa shape index (κ2) is 5.94. The topological polar surface area (TPSA) is 21.3 Å². The molecule has 2 nitrogen and oxygen atoms in total. The molecule has 21 heavy (non-hydrogen) atoms. The van der Waals surface area contributed by atoms with Crippen LogP contribution in [0.1, 0.15) is 30.0 Å². The summed E-state index contributed by atoms with van der Waals surface area (Å²) in [5.41, 5.74) is 2.99. The van der Waals surface area contributed by atoms with Crippen LogP contribution < -0.4 is 10.1 Å². The number of aryl methyl sites for hydroxylation is 1. The van der Waals surface area contributed by atoms with E-state index in [2.05, 4.69) is 11.4 Å². The fourth-order valence-electron chi connectivity index (χ4n) is 2.70. The van der Waals surface area contributed by atoms with Gasteiger partial charge in [-0.2, -0.15) is 0 Å². The standard InChI is InChI=1S/C17H17ClFNO/c1-11-4-2-5-13-16(6-3-9-21-17(11)13)20-12-7-8-14(18)15(19)10-12/h2,4-5,7-8,10,16,20H,3,6,9H2,1H3. The second-order valence-electron chi connectivity index (χ2n) is 5.31. The van der Waals surface area contributed by atoms with Crippen molar-refractivity contribution >= 4 is 17.3 Å². The summed E-state index contributed by atoms with van der Waals surface area (Å²) in [6.45, 7) is 2.76. The third-order valence-electron chi connectivity index (χ3n) is 3.76. The van der Waals surface area contributed by atoms with E-state index in [0.717, 1.165) is 35.4 Å². The van der Waals surface area contributed by atoms with Crippen LogP contribution in [0.3, 0.4) is 0 Å². The van der Waals surface area contributed by atoms with Gasteiger partial charge in [-0.05, 0) is 43.5 Å². The van der Waals surface area contributed by atoms with Crippen LogP contribution in [0.25, 0.3) is 0 Å². The molecule has 0 spiro atoms. The zero-order chi connectivity index (χ0) is 14.8. The lowest BCUT2D eigenvalue weighted by Crippen LogP contribution is -2.10. The number of anilines is 1. The Morgan fingerprint density at radius 2 is 2.14 bits per heavy atom. The number of hydrogen-bond acceptors (Lipinski definition) is 2. The normalized spacial score (nSPS) is 17.6. The lowest BCUT2D eigenvalue weighted by Gasteiger charge is -2.20. The molecular formula is C17H17ClFNO. The number of para-hydroxylation sites is 1. The highest BCUT2D eigenvalue weighted by Crippen LogP contribution is 2.36. The summed E-state index contributed by atoms with van der Waals surface area (Å²) in [6, 6.07) is 11.1. The van der Waals surface area contributed by atoms with E-state index in [1.165, 1.54) is 6.07 Å². The molecule has 110 valence electrons. The van der Waals surface area contributed by atoms with Crippen LogP contribution in [-0.4, -0.2) is 6.61 Å². The van der Waals surface area contributed by atoms with Gasteiger partial charge in [-0.15, -0.1) is 0 Å². The summed E-state index contributed by atoms with van der Waals surface area (Å²) in [5, 5.41) is 3.53. The Bertz CT molecular complexity index is 659. The molecule has 0 bridgehead atoms. The highest BCUT2D eigenvalue weighted by atomic mass is 35.5. The van der Waals surface area contributed by atoms with Crippen LogP contribution in [0.5, 0.6) is 5.75 Å². The van der Waals surface area contributed by atoms with Gasteiger partial charge in [0.2, 0.25) is 0 Å². The summed E-state index contributed by atoms with van der Waals surface area (Å²) in [7, 11) is 0. The van der Waals surface area contributed by atoms with Crippen molar-refractivity contribution in [2.24, 2.45) is 0 Å². The summed E-state index contributed by atoms with van der Waals surface area (Å²) in [4.78, 5) is 0. The fraction of sp³-hybridized carbons (Fsp3) is 0.294. The van der Waals surface area contributed by atoms with Crippen molar-refractivity contribution in [2.75, 3.05) is 11.9 Å². The molecule has 0 fully saturated rings. The predicted molar refractivity (Wildman–Crippen MR) is 83.7 cm³/mol. The number of benzene rings is 2. The van der Waals surface area contributed by atoms with Crippen LogP contribution in [-0.2, 0) is 0 Å². The number of hydrogen-bond donors (Lipinski definition) is 1. The van der Waals surface area contributed by atoms with Crippen LogP contribution in [0.15, 0.2) is 36.4 Å². The average Bonchev–Trinajstić information content (AvgIpc) is 2.67. The zero-order valence-corrected chi connectivity index (χ0v) is 12.6. The maximum Gasteiger partial charge on any atom is 0.143 e. The van der Waals surface area contributed by atoms with E-state index in [0.29, 0.717) is 6.61 Å². The van der Waals surface area contributed by atoms with Gasteiger partial charge in [0.25, 0.3) is 0 Å². The molecule has 1 aliphatic heterocycles. The van der Waals surface area contributed by atoms with Crippen molar-refractivity contribution in [3.63, 3.8) is 0 Å². The predicted octanol–water partition coefficient (Wildman–Crippen LogP) is 5.11. The van der Waals surface area contributed by atoms with Gasteiger partial charge in [0.05, 0.1) is 17.7 Å². The van der Waals surface area contributed by atoms with Crippen molar-refractivity contribution in [1.29, 1.82) is 0 Å². The third-order valence-corrected chi connectivity index (χ3v) is 4.07. The monoisotopic (exact) mass is 305 g/mol. The highest BCUT2D eigenvalue weighted by Gasteiger charge is 2.21. The van der Waals surface area contributed by atoms with Crippen molar-refractivity contribution in [2.45, 2.75) is 25.8 Å². The molecular weight excluding hydrogens is 289 g/mol. The number of fused-ring (bicyclic) bond motifs is 1. The van der Waals surface area contributed by atoms with Crippen LogP contribution in [0, 0.1) is 12.7 Å². The minimum absolute atomic E-state index is 0.114. The van der Waals surface area contributed by atoms with E-state index in [4.69, 9.17) is 16.3 Å². The summed E-state index contributed by atoms with van der Waals surface area (Å²) < 4.78 is 19.4. The van der Waals surface area contributed by atoms with Crippen LogP contribution >= 0.6 is 11.6 Å².